The van der Waals surface area contributed by atoms with Crippen LogP contribution in [0.2, 0.25) is 0 Å². The maximum Gasteiger partial charge on any atom is 0.335 e. The van der Waals surface area contributed by atoms with Crippen molar-refractivity contribution in [2.75, 3.05) is 16.4 Å². The largest absolute Gasteiger partial charge is 0.489 e. The van der Waals surface area contributed by atoms with Gasteiger partial charge in [-0.15, -0.1) is 0 Å². The lowest BCUT2D eigenvalue weighted by molar-refractivity contribution is 0.0695. The molecule has 10 nitrogen and oxygen atoms in total. The molecule has 3 rings (SSSR count). The van der Waals surface area contributed by atoms with Crippen LogP contribution in [0.3, 0.4) is 0 Å². The Hall–Kier alpha value is -4.73. The summed E-state index contributed by atoms with van der Waals surface area (Å²) in [6.45, 7) is 10.8. The average Bonchev–Trinajstić information content (AvgIpc) is 2.86. The van der Waals surface area contributed by atoms with Gasteiger partial charge in [-0.2, -0.15) is 0 Å². The normalized spacial score (nSPS) is 10.9. The number of rotatable bonds is 11. The molecule has 0 radical (unpaired) electrons. The van der Waals surface area contributed by atoms with E-state index in [1.807, 2.05) is 13.8 Å². The molecule has 0 aliphatic heterocycles. The van der Waals surface area contributed by atoms with E-state index >= 15 is 0 Å². The Morgan fingerprint density at radius 3 is 1.77 bits per heavy atom. The second-order valence-corrected chi connectivity index (χ2v) is 9.87. The standard InChI is InChI=1S/C30H35N3O7/c1-16(2)38-25-15-20(30(36)37)9-13-23(25)32-29(35)22-12-14-24(27(40-18(5)6)26(22)39-17(3)4)33-28(34)19-7-10-21(31)11-8-19/h7-18H,31H2,1-6H3,(H,32,35)(H,33,34)(H,36,37). The number of carboxylic acid groups (broad SMARTS) is 1. The zero-order valence-corrected chi connectivity index (χ0v) is 23.4. The molecule has 2 amide bonds. The second-order valence-electron chi connectivity index (χ2n) is 9.87. The van der Waals surface area contributed by atoms with Crippen LogP contribution in [0, 0.1) is 0 Å². The van der Waals surface area contributed by atoms with Crippen LogP contribution in [0.1, 0.15) is 72.6 Å². The zero-order valence-electron chi connectivity index (χ0n) is 23.4. The van der Waals surface area contributed by atoms with Crippen molar-refractivity contribution in [2.24, 2.45) is 0 Å². The predicted octanol–water partition coefficient (Wildman–Crippen LogP) is 5.83. The molecule has 0 saturated carbocycles. The highest BCUT2D eigenvalue weighted by atomic mass is 16.5. The van der Waals surface area contributed by atoms with E-state index in [4.69, 9.17) is 19.9 Å². The quantitative estimate of drug-likeness (QED) is 0.218. The highest BCUT2D eigenvalue weighted by Crippen LogP contribution is 2.41. The molecule has 3 aromatic rings. The summed E-state index contributed by atoms with van der Waals surface area (Å²) >= 11 is 0. The summed E-state index contributed by atoms with van der Waals surface area (Å²) in [4.78, 5) is 38.0. The molecule has 0 heterocycles. The highest BCUT2D eigenvalue weighted by molar-refractivity contribution is 6.10. The fourth-order valence-corrected chi connectivity index (χ4v) is 3.67. The predicted molar refractivity (Wildman–Crippen MR) is 154 cm³/mol. The van der Waals surface area contributed by atoms with Crippen molar-refractivity contribution in [1.29, 1.82) is 0 Å². The number of carboxylic acids is 1. The van der Waals surface area contributed by atoms with Crippen LogP contribution in [0.5, 0.6) is 17.2 Å². The van der Waals surface area contributed by atoms with Gasteiger partial charge in [-0.05, 0) is 96.1 Å². The number of nitrogens with one attached hydrogen (secondary N) is 2. The molecule has 0 aliphatic carbocycles. The van der Waals surface area contributed by atoms with Gasteiger partial charge in [-0.1, -0.05) is 0 Å². The first-order chi connectivity index (χ1) is 18.8. The first-order valence-corrected chi connectivity index (χ1v) is 12.9. The molecule has 10 heteroatoms. The molecule has 0 atom stereocenters. The monoisotopic (exact) mass is 549 g/mol. The molecule has 5 N–H and O–H groups in total. The van der Waals surface area contributed by atoms with E-state index in [1.165, 1.54) is 24.3 Å². The highest BCUT2D eigenvalue weighted by Gasteiger charge is 2.25. The van der Waals surface area contributed by atoms with E-state index in [2.05, 4.69) is 10.6 Å². The summed E-state index contributed by atoms with van der Waals surface area (Å²) in [5.74, 6) is -1.51. The van der Waals surface area contributed by atoms with Gasteiger partial charge in [0.15, 0.2) is 11.5 Å². The van der Waals surface area contributed by atoms with Crippen molar-refractivity contribution in [3.05, 3.63) is 71.3 Å². The fraction of sp³-hybridized carbons (Fsp3) is 0.300. The Balaban J connectivity index is 2.05. The van der Waals surface area contributed by atoms with Crippen LogP contribution in [0.25, 0.3) is 0 Å². The van der Waals surface area contributed by atoms with Gasteiger partial charge in [0.1, 0.15) is 5.75 Å². The molecular formula is C30H35N3O7. The number of hydrogen-bond donors (Lipinski definition) is 4. The summed E-state index contributed by atoms with van der Waals surface area (Å²) in [5, 5.41) is 15.0. The molecule has 0 unspecified atom stereocenters. The first-order valence-electron chi connectivity index (χ1n) is 12.9. The smallest absolute Gasteiger partial charge is 0.335 e. The topological polar surface area (TPSA) is 149 Å². The Morgan fingerprint density at radius 1 is 0.675 bits per heavy atom. The van der Waals surface area contributed by atoms with Crippen LogP contribution in [0.15, 0.2) is 54.6 Å². The fourth-order valence-electron chi connectivity index (χ4n) is 3.67. The Kier molecular flexibility index (Phi) is 9.60. The molecule has 0 spiro atoms. The van der Waals surface area contributed by atoms with Crippen LogP contribution in [0.4, 0.5) is 17.1 Å². The van der Waals surface area contributed by atoms with Crippen LogP contribution >= 0.6 is 0 Å². The number of carbonyl (C=O) groups excluding carboxylic acids is 2. The molecule has 0 fully saturated rings. The molecular weight excluding hydrogens is 514 g/mol. The van der Waals surface area contributed by atoms with E-state index in [-0.39, 0.29) is 52.4 Å². The van der Waals surface area contributed by atoms with Crippen molar-refractivity contribution in [2.45, 2.75) is 59.9 Å². The molecule has 0 aliphatic rings. The first kappa shape index (κ1) is 29.8. The number of aromatic carboxylic acids is 1. The lowest BCUT2D eigenvalue weighted by Gasteiger charge is -2.23. The number of amides is 2. The van der Waals surface area contributed by atoms with E-state index in [0.717, 1.165) is 0 Å². The van der Waals surface area contributed by atoms with Gasteiger partial charge in [-0.3, -0.25) is 9.59 Å². The van der Waals surface area contributed by atoms with Gasteiger partial charge in [0.2, 0.25) is 0 Å². The van der Waals surface area contributed by atoms with Crippen LogP contribution in [-0.4, -0.2) is 41.2 Å². The number of anilines is 3. The summed E-state index contributed by atoms with van der Waals surface area (Å²) in [7, 11) is 0. The summed E-state index contributed by atoms with van der Waals surface area (Å²) in [6, 6.07) is 13.7. The maximum atomic E-state index is 13.6. The molecule has 40 heavy (non-hydrogen) atoms. The van der Waals surface area contributed by atoms with Crippen molar-refractivity contribution in [3.8, 4) is 17.2 Å². The molecule has 0 bridgehead atoms. The number of benzene rings is 3. The maximum absolute atomic E-state index is 13.6. The van der Waals surface area contributed by atoms with Gasteiger partial charge in [-0.25, -0.2) is 4.79 Å². The number of ether oxygens (including phenoxy) is 3. The van der Waals surface area contributed by atoms with Gasteiger partial charge < -0.3 is 35.7 Å². The summed E-state index contributed by atoms with van der Waals surface area (Å²) < 4.78 is 17.9. The minimum atomic E-state index is -1.12. The van der Waals surface area contributed by atoms with Crippen molar-refractivity contribution >= 4 is 34.8 Å². The number of hydrogen-bond acceptors (Lipinski definition) is 7. The SMILES string of the molecule is CC(C)Oc1cc(C(=O)O)ccc1NC(=O)c1ccc(NC(=O)c2ccc(N)cc2)c(OC(C)C)c1OC(C)C. The number of nitrogen functional groups attached to an aromatic ring is 1. The number of carbonyl (C=O) groups is 3. The molecule has 3 aromatic carbocycles. The Labute approximate surface area is 233 Å². The summed E-state index contributed by atoms with van der Waals surface area (Å²) in [5.41, 5.74) is 7.42. The van der Waals surface area contributed by atoms with Gasteiger partial charge in [0.25, 0.3) is 11.8 Å². The molecule has 0 aromatic heterocycles. The average molecular weight is 550 g/mol. The second kappa shape index (κ2) is 12.9. The van der Waals surface area contributed by atoms with E-state index < -0.39 is 17.8 Å². The van der Waals surface area contributed by atoms with Gasteiger partial charge in [0.05, 0.1) is 40.8 Å². The number of nitrogens with two attached hydrogens (primary N) is 1. The zero-order chi connectivity index (χ0) is 29.6. The third kappa shape index (κ3) is 7.66. The lowest BCUT2D eigenvalue weighted by atomic mass is 10.1. The van der Waals surface area contributed by atoms with Crippen LogP contribution < -0.4 is 30.6 Å². The summed E-state index contributed by atoms with van der Waals surface area (Å²) in [6.07, 6.45) is -0.914. The minimum Gasteiger partial charge on any atom is -0.489 e. The molecule has 0 saturated heterocycles. The van der Waals surface area contributed by atoms with Gasteiger partial charge >= 0.3 is 5.97 Å². The minimum absolute atomic E-state index is 0.0197. The van der Waals surface area contributed by atoms with Crippen molar-refractivity contribution in [1.82, 2.24) is 0 Å². The van der Waals surface area contributed by atoms with Crippen LogP contribution in [-0.2, 0) is 0 Å². The van der Waals surface area contributed by atoms with E-state index in [1.54, 1.807) is 58.0 Å². The van der Waals surface area contributed by atoms with Crippen molar-refractivity contribution < 1.29 is 33.7 Å². The Bertz CT molecular complexity index is 1380. The van der Waals surface area contributed by atoms with Gasteiger partial charge in [0, 0.05) is 11.3 Å². The van der Waals surface area contributed by atoms with E-state index in [0.29, 0.717) is 16.9 Å². The van der Waals surface area contributed by atoms with Crippen molar-refractivity contribution in [3.63, 3.8) is 0 Å². The molecule has 212 valence electrons. The third-order valence-electron chi connectivity index (χ3n) is 5.32. The third-order valence-corrected chi connectivity index (χ3v) is 5.32. The Morgan fingerprint density at radius 2 is 1.20 bits per heavy atom. The van der Waals surface area contributed by atoms with E-state index in [9.17, 15) is 19.5 Å². The lowest BCUT2D eigenvalue weighted by Crippen LogP contribution is -2.20.